The van der Waals surface area contributed by atoms with Gasteiger partial charge in [0.05, 0.1) is 0 Å². The topological polar surface area (TPSA) is 12.0 Å². The predicted molar refractivity (Wildman–Crippen MR) is 70.5 cm³/mol. The maximum Gasteiger partial charge on any atom is 0.138 e. The number of likely N-dealkylation sites (N-methyl/N-ethyl adjacent to an activating group) is 1. The molecule has 90 valence electrons. The van der Waals surface area contributed by atoms with Gasteiger partial charge in [-0.25, -0.2) is 4.39 Å². The van der Waals surface area contributed by atoms with Crippen LogP contribution in [-0.4, -0.2) is 13.6 Å². The summed E-state index contributed by atoms with van der Waals surface area (Å²) in [4.78, 5) is 0. The molecule has 1 aromatic carbocycles. The third-order valence-corrected chi connectivity index (χ3v) is 3.19. The molecule has 1 aromatic rings. The van der Waals surface area contributed by atoms with Gasteiger partial charge in [0.2, 0.25) is 0 Å². The van der Waals surface area contributed by atoms with Crippen molar-refractivity contribution in [3.8, 4) is 0 Å². The Bertz CT molecular complexity index is 339. The molecule has 3 heteroatoms. The molecule has 1 atom stereocenters. The third kappa shape index (κ3) is 3.87. The van der Waals surface area contributed by atoms with Crippen molar-refractivity contribution in [2.24, 2.45) is 5.92 Å². The van der Waals surface area contributed by atoms with E-state index < -0.39 is 6.17 Å². The molecule has 0 saturated carbocycles. The normalized spacial score (nSPS) is 13.1. The van der Waals surface area contributed by atoms with Gasteiger partial charge in [0, 0.05) is 11.0 Å². The maximum atomic E-state index is 13.6. The molecular formula is C13H19BrFN. The van der Waals surface area contributed by atoms with E-state index in [-0.39, 0.29) is 0 Å². The number of nitrogens with one attached hydrogen (secondary N) is 1. The monoisotopic (exact) mass is 287 g/mol. The van der Waals surface area contributed by atoms with Gasteiger partial charge in [-0.1, -0.05) is 41.9 Å². The highest BCUT2D eigenvalue weighted by Crippen LogP contribution is 2.25. The van der Waals surface area contributed by atoms with Crippen LogP contribution in [0.4, 0.5) is 4.39 Å². The van der Waals surface area contributed by atoms with Gasteiger partial charge < -0.3 is 5.32 Å². The quantitative estimate of drug-likeness (QED) is 0.867. The van der Waals surface area contributed by atoms with E-state index in [0.717, 1.165) is 16.5 Å². The number of rotatable bonds is 5. The summed E-state index contributed by atoms with van der Waals surface area (Å²) < 4.78 is 14.6. The molecule has 1 N–H and O–H groups in total. The Morgan fingerprint density at radius 2 is 2.06 bits per heavy atom. The van der Waals surface area contributed by atoms with E-state index in [1.54, 1.807) is 7.05 Å². The minimum Gasteiger partial charge on any atom is -0.317 e. The summed E-state index contributed by atoms with van der Waals surface area (Å²) >= 11 is 3.51. The average molecular weight is 288 g/mol. The van der Waals surface area contributed by atoms with Crippen LogP contribution in [0, 0.1) is 5.92 Å². The first-order valence-electron chi connectivity index (χ1n) is 5.61. The molecule has 0 aliphatic carbocycles. The molecule has 0 spiro atoms. The summed E-state index contributed by atoms with van der Waals surface area (Å²) in [6, 6.07) is 5.78. The largest absolute Gasteiger partial charge is 0.317 e. The van der Waals surface area contributed by atoms with Crippen LogP contribution >= 0.6 is 15.9 Å². The van der Waals surface area contributed by atoms with Crippen LogP contribution in [0.5, 0.6) is 0 Å². The van der Waals surface area contributed by atoms with Crippen molar-refractivity contribution in [3.63, 3.8) is 0 Å². The van der Waals surface area contributed by atoms with Crippen molar-refractivity contribution in [1.29, 1.82) is 0 Å². The highest BCUT2D eigenvalue weighted by atomic mass is 79.9. The molecule has 0 amide bonds. The minimum atomic E-state index is -0.936. The van der Waals surface area contributed by atoms with Gasteiger partial charge in [-0.15, -0.1) is 0 Å². The van der Waals surface area contributed by atoms with E-state index in [0.29, 0.717) is 12.5 Å². The number of hydrogen-bond acceptors (Lipinski definition) is 1. The molecule has 1 rings (SSSR count). The Morgan fingerprint density at radius 1 is 1.38 bits per heavy atom. The second kappa shape index (κ2) is 6.36. The third-order valence-electron chi connectivity index (χ3n) is 2.45. The first-order valence-corrected chi connectivity index (χ1v) is 6.41. The van der Waals surface area contributed by atoms with Crippen molar-refractivity contribution < 1.29 is 4.39 Å². The summed E-state index contributed by atoms with van der Waals surface area (Å²) in [7, 11) is 1.76. The van der Waals surface area contributed by atoms with Gasteiger partial charge in [0.15, 0.2) is 0 Å². The molecule has 0 aliphatic heterocycles. The second-order valence-electron chi connectivity index (χ2n) is 4.47. The summed E-state index contributed by atoms with van der Waals surface area (Å²) in [5, 5.41) is 2.84. The number of alkyl halides is 1. The maximum absolute atomic E-state index is 13.6. The lowest BCUT2D eigenvalue weighted by Gasteiger charge is -2.12. The number of halogens is 2. The fraction of sp³-hybridized carbons (Fsp3) is 0.538. The van der Waals surface area contributed by atoms with E-state index >= 15 is 0 Å². The lowest BCUT2D eigenvalue weighted by Crippen LogP contribution is -2.13. The fourth-order valence-electron chi connectivity index (χ4n) is 1.66. The molecule has 0 bridgehead atoms. The van der Waals surface area contributed by atoms with Crippen LogP contribution in [0.15, 0.2) is 22.7 Å². The van der Waals surface area contributed by atoms with Crippen LogP contribution < -0.4 is 5.32 Å². The van der Waals surface area contributed by atoms with E-state index in [4.69, 9.17) is 0 Å². The van der Waals surface area contributed by atoms with Gasteiger partial charge in [0.25, 0.3) is 0 Å². The smallest absolute Gasteiger partial charge is 0.138 e. The molecule has 0 fully saturated rings. The Morgan fingerprint density at radius 3 is 2.56 bits per heavy atom. The van der Waals surface area contributed by atoms with E-state index in [9.17, 15) is 4.39 Å². The van der Waals surface area contributed by atoms with Crippen molar-refractivity contribution in [1.82, 2.24) is 5.32 Å². The summed E-state index contributed by atoms with van der Waals surface area (Å²) in [5.74, 6) is 0.612. The van der Waals surface area contributed by atoms with Crippen LogP contribution in [0.3, 0.4) is 0 Å². The van der Waals surface area contributed by atoms with Crippen molar-refractivity contribution >= 4 is 15.9 Å². The van der Waals surface area contributed by atoms with Gasteiger partial charge in [-0.3, -0.25) is 0 Å². The van der Waals surface area contributed by atoms with Gasteiger partial charge in [-0.05, 0) is 36.6 Å². The van der Waals surface area contributed by atoms with Crippen molar-refractivity contribution in [2.75, 3.05) is 13.6 Å². The van der Waals surface area contributed by atoms with Crippen molar-refractivity contribution in [2.45, 2.75) is 26.4 Å². The summed E-state index contributed by atoms with van der Waals surface area (Å²) in [5.41, 5.74) is 1.98. The van der Waals surface area contributed by atoms with Gasteiger partial charge in [0.1, 0.15) is 6.17 Å². The predicted octanol–water partition coefficient (Wildman–Crippen LogP) is 3.88. The number of benzene rings is 1. The minimum absolute atomic E-state index is 0.357. The molecular weight excluding hydrogens is 269 g/mol. The molecule has 1 nitrogen and oxygen atoms in total. The second-order valence-corrected chi connectivity index (χ2v) is 5.33. The van der Waals surface area contributed by atoms with E-state index in [2.05, 4.69) is 35.1 Å². The molecule has 1 unspecified atom stereocenters. The first-order chi connectivity index (χ1) is 7.54. The van der Waals surface area contributed by atoms with E-state index in [1.165, 1.54) is 5.56 Å². The molecule has 0 aromatic heterocycles. The highest BCUT2D eigenvalue weighted by molar-refractivity contribution is 9.10. The summed E-state index contributed by atoms with van der Waals surface area (Å²) in [6.07, 6.45) is 0.0820. The Labute approximate surface area is 106 Å². The standard InChI is InChI=1S/C13H19BrFN/c1-9(2)6-10-4-5-11(7-12(10)14)13(15)8-16-3/h4-5,7,9,13,16H,6,8H2,1-3H3. The molecule has 0 radical (unpaired) electrons. The zero-order valence-electron chi connectivity index (χ0n) is 10.1. The lowest BCUT2D eigenvalue weighted by atomic mass is 10.0. The lowest BCUT2D eigenvalue weighted by molar-refractivity contribution is 0.335. The van der Waals surface area contributed by atoms with Gasteiger partial charge >= 0.3 is 0 Å². The van der Waals surface area contributed by atoms with Crippen LogP contribution in [0.2, 0.25) is 0 Å². The number of hydrogen-bond donors (Lipinski definition) is 1. The molecule has 16 heavy (non-hydrogen) atoms. The van der Waals surface area contributed by atoms with E-state index in [1.807, 2.05) is 18.2 Å². The Hall–Kier alpha value is -0.410. The van der Waals surface area contributed by atoms with Gasteiger partial charge in [-0.2, -0.15) is 0 Å². The average Bonchev–Trinajstić information content (AvgIpc) is 2.20. The molecule has 0 saturated heterocycles. The van der Waals surface area contributed by atoms with Crippen LogP contribution in [-0.2, 0) is 6.42 Å². The molecule has 0 heterocycles. The first kappa shape index (κ1) is 13.7. The Kier molecular flexibility index (Phi) is 5.42. The zero-order chi connectivity index (χ0) is 12.1. The van der Waals surface area contributed by atoms with Crippen LogP contribution in [0.1, 0.15) is 31.1 Å². The SMILES string of the molecule is CNCC(F)c1ccc(CC(C)C)c(Br)c1. The fourth-order valence-corrected chi connectivity index (χ4v) is 2.22. The highest BCUT2D eigenvalue weighted by Gasteiger charge is 2.11. The Balaban J connectivity index is 2.82. The van der Waals surface area contributed by atoms with Crippen molar-refractivity contribution in [3.05, 3.63) is 33.8 Å². The van der Waals surface area contributed by atoms with Crippen LogP contribution in [0.25, 0.3) is 0 Å². The summed E-state index contributed by atoms with van der Waals surface area (Å²) in [6.45, 7) is 4.72. The zero-order valence-corrected chi connectivity index (χ0v) is 11.6. The molecule has 0 aliphatic rings.